The minimum absolute atomic E-state index is 0.215. The molecule has 0 amide bonds. The predicted molar refractivity (Wildman–Crippen MR) is 24.9 cm³/mol. The molecule has 0 fully saturated rings. The maximum absolute atomic E-state index is 11.6. The van der Waals surface area contributed by atoms with E-state index in [1.807, 2.05) is 0 Å². The Labute approximate surface area is 42.5 Å². The van der Waals surface area contributed by atoms with Gasteiger partial charge in [-0.25, -0.2) is 8.78 Å². The van der Waals surface area contributed by atoms with Gasteiger partial charge in [0.1, 0.15) is 0 Å². The summed E-state index contributed by atoms with van der Waals surface area (Å²) >= 11 is 0. The van der Waals surface area contributed by atoms with E-state index in [-0.39, 0.29) is 12.8 Å². The van der Waals surface area contributed by atoms with E-state index in [0.29, 0.717) is 0 Å². The Morgan fingerprint density at radius 3 is 1.86 bits per heavy atom. The van der Waals surface area contributed by atoms with E-state index in [2.05, 4.69) is 13.8 Å². The van der Waals surface area contributed by atoms with Crippen LogP contribution >= 0.6 is 0 Å². The first-order valence-corrected chi connectivity index (χ1v) is 2.09. The summed E-state index contributed by atoms with van der Waals surface area (Å²) in [6, 6.07) is 0. The number of hydrogen-bond acceptors (Lipinski definition) is 0. The predicted octanol–water partition coefficient (Wildman–Crippen LogP) is 2.07. The number of hydrogen-bond donors (Lipinski definition) is 0. The maximum atomic E-state index is 11.6. The van der Waals surface area contributed by atoms with Crippen molar-refractivity contribution in [3.63, 3.8) is 0 Å². The highest BCUT2D eigenvalue weighted by molar-refractivity contribution is 4.67. The Kier molecular flexibility index (Phi) is 2.20. The second-order valence-electron chi connectivity index (χ2n) is 1.46. The summed E-state index contributed by atoms with van der Waals surface area (Å²) in [4.78, 5) is 0. The fourth-order valence-electron chi connectivity index (χ4n) is 0.259. The first kappa shape index (κ1) is 6.86. The molecule has 0 unspecified atom stereocenters. The molecule has 0 atom stereocenters. The highest BCUT2D eigenvalue weighted by Gasteiger charge is 2.18. The van der Waals surface area contributed by atoms with Gasteiger partial charge in [-0.1, -0.05) is 6.92 Å². The maximum Gasteiger partial charge on any atom is 0.248 e. The van der Waals surface area contributed by atoms with E-state index >= 15 is 0 Å². The topological polar surface area (TPSA) is 0 Å². The van der Waals surface area contributed by atoms with Crippen LogP contribution in [0.15, 0.2) is 0 Å². The summed E-state index contributed by atoms with van der Waals surface area (Å²) in [7, 11) is 0. The Bertz CT molecular complexity index is 44.5. The molecular weight excluding hydrogens is 98.1 g/mol. The number of halogens is 2. The lowest BCUT2D eigenvalue weighted by Crippen LogP contribution is -2.07. The molecule has 2 heteroatoms. The third-order valence-electron chi connectivity index (χ3n) is 0.543. The van der Waals surface area contributed by atoms with E-state index in [4.69, 9.17) is 0 Å². The van der Waals surface area contributed by atoms with E-state index in [9.17, 15) is 8.78 Å². The second-order valence-corrected chi connectivity index (χ2v) is 1.46. The molecule has 7 heavy (non-hydrogen) atoms. The fourth-order valence-corrected chi connectivity index (χ4v) is 0.259. The molecule has 42 valence electrons. The zero-order valence-corrected chi connectivity index (χ0v) is 4.08. The summed E-state index contributed by atoms with van der Waals surface area (Å²) in [6.07, 6.45) is 0.0312. The lowest BCUT2D eigenvalue weighted by molar-refractivity contribution is 0.0433. The lowest BCUT2D eigenvalue weighted by atomic mass is 10.2. The summed E-state index contributed by atoms with van der Waals surface area (Å²) in [5.41, 5.74) is 0. The molecule has 0 rings (SSSR count). The van der Waals surface area contributed by atoms with Crippen LogP contribution in [0.1, 0.15) is 12.8 Å². The average Bonchev–Trinajstić information content (AvgIpc) is 1.30. The monoisotopic (exact) mass is 106 g/mol. The Morgan fingerprint density at radius 1 is 1.43 bits per heavy atom. The van der Waals surface area contributed by atoms with Crippen molar-refractivity contribution >= 4 is 0 Å². The molecule has 0 aromatic heterocycles. The van der Waals surface area contributed by atoms with Crippen LogP contribution in [0.25, 0.3) is 0 Å². The SMILES string of the molecule is [CH2]CCC([CH2])(F)F. The summed E-state index contributed by atoms with van der Waals surface area (Å²) in [6.45, 7) is 5.84. The standard InChI is InChI=1S/C5H8F2/c1-3-4-5(2,6)7/h1-4H2. The lowest BCUT2D eigenvalue weighted by Gasteiger charge is -2.04. The molecule has 2 radical (unpaired) electrons. The molecule has 0 aromatic rings. The molecule has 0 saturated carbocycles. The van der Waals surface area contributed by atoms with Crippen molar-refractivity contribution < 1.29 is 8.78 Å². The first-order valence-electron chi connectivity index (χ1n) is 2.09. The zero-order chi connectivity index (χ0) is 5.91. The van der Waals surface area contributed by atoms with Crippen molar-refractivity contribution in [3.8, 4) is 0 Å². The third-order valence-corrected chi connectivity index (χ3v) is 0.543. The molecule has 0 nitrogen and oxygen atoms in total. The van der Waals surface area contributed by atoms with E-state index < -0.39 is 5.92 Å². The zero-order valence-electron chi connectivity index (χ0n) is 4.08. The smallest absolute Gasteiger partial charge is 0.207 e. The molecule has 0 saturated heterocycles. The third kappa shape index (κ3) is 5.86. The van der Waals surface area contributed by atoms with E-state index in [1.165, 1.54) is 0 Å². The van der Waals surface area contributed by atoms with Crippen molar-refractivity contribution in [2.45, 2.75) is 18.8 Å². The molecule has 0 bridgehead atoms. The summed E-state index contributed by atoms with van der Waals surface area (Å²) in [5, 5.41) is 0. The minimum Gasteiger partial charge on any atom is -0.207 e. The van der Waals surface area contributed by atoms with Gasteiger partial charge in [0, 0.05) is 13.3 Å². The van der Waals surface area contributed by atoms with Gasteiger partial charge in [0.15, 0.2) is 0 Å². The van der Waals surface area contributed by atoms with Gasteiger partial charge in [-0.15, -0.1) is 0 Å². The molecule has 0 spiro atoms. The van der Waals surface area contributed by atoms with Crippen molar-refractivity contribution in [1.82, 2.24) is 0 Å². The Morgan fingerprint density at radius 2 is 1.86 bits per heavy atom. The minimum atomic E-state index is -2.76. The van der Waals surface area contributed by atoms with Gasteiger partial charge in [-0.3, -0.25) is 0 Å². The van der Waals surface area contributed by atoms with Crippen molar-refractivity contribution in [2.24, 2.45) is 0 Å². The number of alkyl halides is 2. The fraction of sp³-hybridized carbons (Fsp3) is 0.600. The van der Waals surface area contributed by atoms with Gasteiger partial charge in [0.25, 0.3) is 0 Å². The highest BCUT2D eigenvalue weighted by atomic mass is 19.3. The van der Waals surface area contributed by atoms with Gasteiger partial charge >= 0.3 is 0 Å². The van der Waals surface area contributed by atoms with Crippen molar-refractivity contribution in [2.75, 3.05) is 0 Å². The highest BCUT2D eigenvalue weighted by Crippen LogP contribution is 2.16. The van der Waals surface area contributed by atoms with Gasteiger partial charge in [-0.2, -0.15) is 0 Å². The average molecular weight is 106 g/mol. The van der Waals surface area contributed by atoms with E-state index in [1.54, 1.807) is 0 Å². The van der Waals surface area contributed by atoms with Crippen LogP contribution in [0.2, 0.25) is 0 Å². The van der Waals surface area contributed by atoms with Gasteiger partial charge in [0.05, 0.1) is 0 Å². The van der Waals surface area contributed by atoms with Gasteiger partial charge < -0.3 is 0 Å². The van der Waals surface area contributed by atoms with E-state index in [0.717, 1.165) is 0 Å². The normalized spacial score (nSPS) is 12.0. The summed E-state index contributed by atoms with van der Waals surface area (Å²) in [5.74, 6) is -2.76. The molecule has 0 heterocycles. The van der Waals surface area contributed by atoms with Crippen LogP contribution < -0.4 is 0 Å². The van der Waals surface area contributed by atoms with Crippen LogP contribution in [0.4, 0.5) is 8.78 Å². The molecular formula is C5H8F2. The Balaban J connectivity index is 3.15. The van der Waals surface area contributed by atoms with Crippen LogP contribution in [-0.2, 0) is 0 Å². The van der Waals surface area contributed by atoms with Crippen molar-refractivity contribution in [3.05, 3.63) is 13.8 Å². The quantitative estimate of drug-likeness (QED) is 0.505. The Hall–Kier alpha value is -0.140. The molecule has 0 aliphatic carbocycles. The van der Waals surface area contributed by atoms with Crippen molar-refractivity contribution in [1.29, 1.82) is 0 Å². The van der Waals surface area contributed by atoms with Crippen LogP contribution in [0.5, 0.6) is 0 Å². The van der Waals surface area contributed by atoms with Crippen LogP contribution in [0, 0.1) is 13.8 Å². The molecule has 0 aliphatic rings. The molecule has 0 aliphatic heterocycles. The second kappa shape index (κ2) is 2.24. The van der Waals surface area contributed by atoms with Gasteiger partial charge in [0.2, 0.25) is 5.92 Å². The summed E-state index contributed by atoms with van der Waals surface area (Å²) < 4.78 is 23.1. The largest absolute Gasteiger partial charge is 0.248 e. The molecule has 0 aromatic carbocycles. The first-order chi connectivity index (χ1) is 3.06. The van der Waals surface area contributed by atoms with Crippen LogP contribution in [-0.4, -0.2) is 5.92 Å². The van der Waals surface area contributed by atoms with Gasteiger partial charge in [-0.05, 0) is 6.42 Å². The number of rotatable bonds is 2. The molecule has 0 N–H and O–H groups in total. The van der Waals surface area contributed by atoms with Crippen LogP contribution in [0.3, 0.4) is 0 Å².